The summed E-state index contributed by atoms with van der Waals surface area (Å²) in [5, 5.41) is 9.36. The lowest BCUT2D eigenvalue weighted by Gasteiger charge is -2.28. The summed E-state index contributed by atoms with van der Waals surface area (Å²) in [5.74, 6) is 0.552. The molecule has 0 unspecified atom stereocenters. The Kier molecular flexibility index (Phi) is 12.3. The molecule has 12 nitrogen and oxygen atoms in total. The van der Waals surface area contributed by atoms with Crippen molar-refractivity contribution >= 4 is 62.6 Å². The summed E-state index contributed by atoms with van der Waals surface area (Å²) >= 11 is 5.77. The van der Waals surface area contributed by atoms with E-state index in [-0.39, 0.29) is 24.5 Å². The van der Waals surface area contributed by atoms with Crippen LogP contribution in [0.5, 0.6) is 23.0 Å². The predicted molar refractivity (Wildman–Crippen MR) is 182 cm³/mol. The quantitative estimate of drug-likeness (QED) is 0.0906. The first-order valence-corrected chi connectivity index (χ1v) is 15.8. The number of esters is 1. The van der Waals surface area contributed by atoms with Crippen LogP contribution in [0.3, 0.4) is 0 Å². The maximum atomic E-state index is 12.6. The number of urea groups is 1. The number of allylic oxidation sites excluding steroid dienone is 1. The predicted octanol–water partition coefficient (Wildman–Crippen LogP) is 5.37. The highest BCUT2D eigenvalue weighted by Crippen LogP contribution is 2.35. The molecule has 0 saturated carbocycles. The highest BCUT2D eigenvalue weighted by atomic mass is 127. The number of hydrogen-bond acceptors (Lipinski definition) is 9. The van der Waals surface area contributed by atoms with E-state index in [4.69, 9.17) is 23.7 Å². The van der Waals surface area contributed by atoms with Crippen LogP contribution < -0.4 is 35.0 Å². The molecule has 0 bridgehead atoms. The fourth-order valence-electron chi connectivity index (χ4n) is 4.42. The van der Waals surface area contributed by atoms with Crippen molar-refractivity contribution in [1.29, 1.82) is 0 Å². The maximum Gasteiger partial charge on any atom is 0.338 e. The molecule has 3 aromatic rings. The molecule has 1 aliphatic rings. The van der Waals surface area contributed by atoms with Gasteiger partial charge >= 0.3 is 12.0 Å². The van der Waals surface area contributed by atoms with Gasteiger partial charge in [0.25, 0.3) is 5.91 Å². The molecule has 0 fully saturated rings. The standard InChI is InChI=1S/C32H32BrIN4O8/c1-5-44-31(40)29-18(2)36-32(41)37-30(29)20-8-11-24(25(12-20)42-3)46-17-28(39)38-35-15-21-13-26(43-4)27(14-23(21)33)45-16-19-6-9-22(34)10-7-19/h6-15,30H,5,16-17H2,1-4H3,(H,38,39)(H2,36,37,41)/b35-15-/t30-/m0/s1. The largest absolute Gasteiger partial charge is 0.493 e. The van der Waals surface area contributed by atoms with Crippen LogP contribution in [0.2, 0.25) is 0 Å². The molecule has 46 heavy (non-hydrogen) atoms. The average Bonchev–Trinajstić information content (AvgIpc) is 3.03. The topological polar surface area (TPSA) is 146 Å². The number of benzene rings is 3. The van der Waals surface area contributed by atoms with Crippen LogP contribution in [-0.4, -0.2) is 51.6 Å². The average molecular weight is 807 g/mol. The molecule has 0 radical (unpaired) electrons. The molecule has 1 heterocycles. The number of carbonyl (C=O) groups is 3. The number of ether oxygens (including phenoxy) is 5. The van der Waals surface area contributed by atoms with Gasteiger partial charge in [0.15, 0.2) is 29.6 Å². The summed E-state index contributed by atoms with van der Waals surface area (Å²) in [6.07, 6.45) is 1.47. The van der Waals surface area contributed by atoms with Gasteiger partial charge in [-0.1, -0.05) is 18.2 Å². The summed E-state index contributed by atoms with van der Waals surface area (Å²) < 4.78 is 29.6. The first-order valence-electron chi connectivity index (χ1n) is 14.0. The van der Waals surface area contributed by atoms with Crippen LogP contribution in [0.4, 0.5) is 4.79 Å². The first kappa shape index (κ1) is 34.6. The molecule has 4 rings (SSSR count). The zero-order chi connectivity index (χ0) is 33.2. The number of nitrogens with one attached hydrogen (secondary N) is 3. The molecule has 0 spiro atoms. The van der Waals surface area contributed by atoms with Crippen LogP contribution in [0.25, 0.3) is 0 Å². The molecule has 3 aromatic carbocycles. The normalized spacial score (nSPS) is 14.3. The fraction of sp³-hybridized carbons (Fsp3) is 0.250. The van der Waals surface area contributed by atoms with Crippen LogP contribution in [-0.2, 0) is 20.9 Å². The van der Waals surface area contributed by atoms with Crippen molar-refractivity contribution in [3.8, 4) is 23.0 Å². The fourth-order valence-corrected chi connectivity index (χ4v) is 5.20. The molecule has 1 aliphatic heterocycles. The van der Waals surface area contributed by atoms with Gasteiger partial charge in [0, 0.05) is 19.3 Å². The number of hydrazone groups is 1. The first-order chi connectivity index (χ1) is 22.1. The Labute approximate surface area is 288 Å². The third-order valence-corrected chi connectivity index (χ3v) is 8.03. The van der Waals surface area contributed by atoms with Gasteiger partial charge in [0.1, 0.15) is 6.61 Å². The number of nitrogens with zero attached hydrogens (tertiary/aromatic N) is 1. The van der Waals surface area contributed by atoms with E-state index in [9.17, 15) is 14.4 Å². The van der Waals surface area contributed by atoms with Crippen molar-refractivity contribution in [3.63, 3.8) is 0 Å². The van der Waals surface area contributed by atoms with Gasteiger partial charge in [-0.2, -0.15) is 5.10 Å². The summed E-state index contributed by atoms with van der Waals surface area (Å²) in [4.78, 5) is 37.3. The Bertz CT molecular complexity index is 1660. The third kappa shape index (κ3) is 8.90. The molecule has 0 aromatic heterocycles. The summed E-state index contributed by atoms with van der Waals surface area (Å²) in [6, 6.07) is 15.2. The third-order valence-electron chi connectivity index (χ3n) is 6.63. The van der Waals surface area contributed by atoms with E-state index in [1.165, 1.54) is 13.3 Å². The number of methoxy groups -OCH3 is 2. The van der Waals surface area contributed by atoms with Gasteiger partial charge < -0.3 is 34.3 Å². The van der Waals surface area contributed by atoms with Gasteiger partial charge in [-0.15, -0.1) is 0 Å². The highest BCUT2D eigenvalue weighted by molar-refractivity contribution is 14.1. The molecular weight excluding hydrogens is 775 g/mol. The van der Waals surface area contributed by atoms with E-state index in [0.29, 0.717) is 45.2 Å². The van der Waals surface area contributed by atoms with Crippen LogP contribution >= 0.6 is 38.5 Å². The van der Waals surface area contributed by atoms with Gasteiger partial charge in [-0.05, 0) is 99.9 Å². The van der Waals surface area contributed by atoms with Crippen LogP contribution in [0.15, 0.2) is 75.4 Å². The molecule has 3 N–H and O–H groups in total. The van der Waals surface area contributed by atoms with Crippen molar-refractivity contribution in [1.82, 2.24) is 16.1 Å². The number of rotatable bonds is 13. The second kappa shape index (κ2) is 16.3. The summed E-state index contributed by atoms with van der Waals surface area (Å²) in [6.45, 7) is 3.52. The molecule has 0 aliphatic carbocycles. The zero-order valence-electron chi connectivity index (χ0n) is 25.4. The SMILES string of the molecule is CCOC(=O)C1=C(C)NC(=O)N[C@H]1c1ccc(OCC(=O)N/N=C\c2cc(OC)c(OCc3ccc(I)cc3)cc2Br)c(OC)c1. The minimum absolute atomic E-state index is 0.181. The Balaban J connectivity index is 1.37. The van der Waals surface area contributed by atoms with Crippen molar-refractivity contribution in [3.05, 3.63) is 90.6 Å². The monoisotopic (exact) mass is 806 g/mol. The molecule has 0 saturated heterocycles. The zero-order valence-corrected chi connectivity index (χ0v) is 29.2. The molecular formula is C32H32BrIN4O8. The summed E-state index contributed by atoms with van der Waals surface area (Å²) in [7, 11) is 2.98. The van der Waals surface area contributed by atoms with Crippen LogP contribution in [0.1, 0.15) is 36.6 Å². The van der Waals surface area contributed by atoms with E-state index < -0.39 is 23.9 Å². The van der Waals surface area contributed by atoms with Crippen molar-refractivity contribution in [2.45, 2.75) is 26.5 Å². The van der Waals surface area contributed by atoms with E-state index >= 15 is 0 Å². The van der Waals surface area contributed by atoms with E-state index in [1.54, 1.807) is 51.3 Å². The van der Waals surface area contributed by atoms with Crippen molar-refractivity contribution in [2.75, 3.05) is 27.4 Å². The second-order valence-corrected chi connectivity index (χ2v) is 11.8. The molecule has 14 heteroatoms. The van der Waals surface area contributed by atoms with E-state index in [1.807, 2.05) is 24.3 Å². The minimum Gasteiger partial charge on any atom is -0.493 e. The van der Waals surface area contributed by atoms with Crippen molar-refractivity contribution < 1.29 is 38.1 Å². The number of halogens is 2. The molecule has 3 amide bonds. The van der Waals surface area contributed by atoms with Gasteiger partial charge in [-0.25, -0.2) is 15.0 Å². The molecule has 1 atom stereocenters. The number of hydrogen-bond donors (Lipinski definition) is 3. The smallest absolute Gasteiger partial charge is 0.338 e. The van der Waals surface area contributed by atoms with Gasteiger partial charge in [-0.3, -0.25) is 4.79 Å². The lowest BCUT2D eigenvalue weighted by Crippen LogP contribution is -2.45. The van der Waals surface area contributed by atoms with Crippen molar-refractivity contribution in [2.24, 2.45) is 5.10 Å². The molecule has 242 valence electrons. The van der Waals surface area contributed by atoms with Gasteiger partial charge in [0.2, 0.25) is 0 Å². The summed E-state index contributed by atoms with van der Waals surface area (Å²) in [5.41, 5.74) is 5.31. The van der Waals surface area contributed by atoms with E-state index in [0.717, 1.165) is 9.13 Å². The Hall–Kier alpha value is -4.31. The number of carbonyl (C=O) groups excluding carboxylic acids is 3. The maximum absolute atomic E-state index is 12.6. The van der Waals surface area contributed by atoms with Crippen LogP contribution in [0, 0.1) is 3.57 Å². The lowest BCUT2D eigenvalue weighted by molar-refractivity contribution is -0.139. The van der Waals surface area contributed by atoms with Gasteiger partial charge in [0.05, 0.1) is 38.7 Å². The highest BCUT2D eigenvalue weighted by Gasteiger charge is 2.32. The second-order valence-electron chi connectivity index (χ2n) is 9.72. The lowest BCUT2D eigenvalue weighted by atomic mass is 9.95. The number of amides is 3. The Morgan fingerprint density at radius 2 is 1.72 bits per heavy atom. The minimum atomic E-state index is -0.778. The van der Waals surface area contributed by atoms with E-state index in [2.05, 4.69) is 59.7 Å². The Morgan fingerprint density at radius 1 is 1.00 bits per heavy atom. The Morgan fingerprint density at radius 3 is 2.41 bits per heavy atom.